The van der Waals surface area contributed by atoms with Gasteiger partial charge in [-0.2, -0.15) is 0 Å². The molecular formula is C15H24KNaO. The Bertz CT molecular complexity index is 365. The van der Waals surface area contributed by atoms with Gasteiger partial charge in [-0.05, 0) is 28.9 Å². The topological polar surface area (TPSA) is 23.1 Å². The molecule has 0 amide bonds. The van der Waals surface area contributed by atoms with E-state index in [4.69, 9.17) is 0 Å². The molecule has 0 atom stereocenters. The van der Waals surface area contributed by atoms with Crippen molar-refractivity contribution in [2.75, 3.05) is 0 Å². The Morgan fingerprint density at radius 1 is 0.833 bits per heavy atom. The molecule has 0 heterocycles. The molecule has 0 radical (unpaired) electrons. The van der Waals surface area contributed by atoms with Crippen LogP contribution in [0.25, 0.3) is 0 Å². The second-order valence-electron chi connectivity index (χ2n) is 6.69. The van der Waals surface area contributed by atoms with Crippen molar-refractivity contribution in [2.45, 2.75) is 59.3 Å². The number of rotatable bonds is 0. The molecule has 1 aromatic carbocycles. The standard InChI is InChI=1S/C15H24O.K.Na.H/c1-10-8-11(14(2,3)4)13(16)12(9-10)15(5,6)7;;;/h8-9,16H,1-7H3;;;/q;+1;;/p-1. The van der Waals surface area contributed by atoms with Crippen molar-refractivity contribution in [3.8, 4) is 5.75 Å². The van der Waals surface area contributed by atoms with Gasteiger partial charge in [0.15, 0.2) is 0 Å². The Hall–Kier alpha value is 1.66. The van der Waals surface area contributed by atoms with Gasteiger partial charge in [0.25, 0.3) is 0 Å². The molecule has 0 unspecified atom stereocenters. The van der Waals surface area contributed by atoms with E-state index in [1.54, 1.807) is 0 Å². The molecule has 1 aromatic rings. The Morgan fingerprint density at radius 2 is 1.11 bits per heavy atom. The third-order valence-electron chi connectivity index (χ3n) is 2.85. The first-order valence-electron chi connectivity index (χ1n) is 5.86. The van der Waals surface area contributed by atoms with Gasteiger partial charge in [0.2, 0.25) is 0 Å². The zero-order chi connectivity index (χ0) is 12.7. The molecule has 0 spiro atoms. The van der Waals surface area contributed by atoms with Gasteiger partial charge >= 0.3 is 80.9 Å². The van der Waals surface area contributed by atoms with Crippen LogP contribution in [-0.4, -0.2) is 29.6 Å². The average molecular weight is 282 g/mol. The first-order chi connectivity index (χ1) is 7.03. The van der Waals surface area contributed by atoms with Crippen LogP contribution in [0.5, 0.6) is 5.75 Å². The van der Waals surface area contributed by atoms with Crippen LogP contribution in [0.1, 0.15) is 58.2 Å². The molecule has 0 aromatic heterocycles. The fourth-order valence-corrected chi connectivity index (χ4v) is 1.89. The van der Waals surface area contributed by atoms with Crippen molar-refractivity contribution in [3.63, 3.8) is 0 Å². The van der Waals surface area contributed by atoms with E-state index in [9.17, 15) is 5.11 Å². The Morgan fingerprint density at radius 3 is 1.33 bits per heavy atom. The van der Waals surface area contributed by atoms with Gasteiger partial charge in [-0.1, -0.05) is 59.2 Å². The second-order valence-corrected chi connectivity index (χ2v) is 6.69. The third kappa shape index (κ3) is 5.57. The molecule has 0 saturated heterocycles. The predicted molar refractivity (Wildman–Crippen MR) is 75.2 cm³/mol. The van der Waals surface area contributed by atoms with Crippen molar-refractivity contribution < 1.29 is 56.5 Å². The molecule has 1 nitrogen and oxygen atoms in total. The Labute approximate surface area is 177 Å². The van der Waals surface area contributed by atoms with Gasteiger partial charge in [-0.25, -0.2) is 0 Å². The van der Waals surface area contributed by atoms with Crippen molar-refractivity contribution in [2.24, 2.45) is 0 Å². The first-order valence-corrected chi connectivity index (χ1v) is 5.86. The van der Waals surface area contributed by atoms with E-state index in [0.717, 1.165) is 11.1 Å². The molecule has 0 aliphatic rings. The van der Waals surface area contributed by atoms with Gasteiger partial charge < -0.3 is 5.11 Å². The number of aryl methyl sites for hydroxylation is 1. The summed E-state index contributed by atoms with van der Waals surface area (Å²) in [7, 11) is 0. The van der Waals surface area contributed by atoms with Crippen molar-refractivity contribution in [1.82, 2.24) is 0 Å². The molecule has 18 heavy (non-hydrogen) atoms. The zero-order valence-corrected chi connectivity index (χ0v) is 15.7. The van der Waals surface area contributed by atoms with E-state index in [1.165, 1.54) is 5.56 Å². The molecule has 0 aliphatic heterocycles. The molecule has 0 saturated carbocycles. The van der Waals surface area contributed by atoms with Crippen LogP contribution in [0.4, 0.5) is 0 Å². The minimum absolute atomic E-state index is 0. The summed E-state index contributed by atoms with van der Waals surface area (Å²) in [5, 5.41) is 12.4. The average Bonchev–Trinajstić information content (AvgIpc) is 2.04. The van der Waals surface area contributed by atoms with E-state index < -0.39 is 0 Å². The Kier molecular flexibility index (Phi) is 9.27. The first kappa shape index (κ1) is 21.9. The number of hydrogen-bond acceptors (Lipinski definition) is 1. The molecule has 0 aliphatic carbocycles. The minimum atomic E-state index is -0.0803. The van der Waals surface area contributed by atoms with Crippen LogP contribution in [-0.2, 0) is 10.8 Å². The van der Waals surface area contributed by atoms with Gasteiger partial charge in [-0.3, -0.25) is 0 Å². The normalized spacial score (nSPS) is 11.5. The van der Waals surface area contributed by atoms with E-state index in [2.05, 4.69) is 48.5 Å². The molecule has 92 valence electrons. The van der Waals surface area contributed by atoms with Crippen LogP contribution in [0.3, 0.4) is 0 Å². The monoisotopic (exact) mass is 282 g/mol. The van der Waals surface area contributed by atoms with Crippen molar-refractivity contribution >= 4 is 29.6 Å². The summed E-state index contributed by atoms with van der Waals surface area (Å²) in [5.74, 6) is 0.214. The van der Waals surface area contributed by atoms with Crippen molar-refractivity contribution in [3.05, 3.63) is 28.8 Å². The fraction of sp³-hybridized carbons (Fsp3) is 0.600. The third-order valence-corrected chi connectivity index (χ3v) is 2.85. The maximum atomic E-state index is 12.4. The summed E-state index contributed by atoms with van der Waals surface area (Å²) in [6, 6.07) is 4.05. The quantitative estimate of drug-likeness (QED) is 0.615. The van der Waals surface area contributed by atoms with Crippen LogP contribution in [0.15, 0.2) is 12.1 Å². The summed E-state index contributed by atoms with van der Waals surface area (Å²) >= 11 is 0. The summed E-state index contributed by atoms with van der Waals surface area (Å²) in [6.45, 7) is 14.6. The summed E-state index contributed by atoms with van der Waals surface area (Å²) in [5.41, 5.74) is 2.87. The fourth-order valence-electron chi connectivity index (χ4n) is 1.89. The van der Waals surface area contributed by atoms with Crippen LogP contribution in [0.2, 0.25) is 0 Å². The second kappa shape index (κ2) is 7.60. The van der Waals surface area contributed by atoms with Crippen molar-refractivity contribution in [1.29, 1.82) is 0 Å². The SMILES string of the molecule is Cc1cc(C(C)(C)C)c([O-])c(C(C)(C)C)c1.[K+].[NaH]. The van der Waals surface area contributed by atoms with Crippen LogP contribution < -0.4 is 56.5 Å². The van der Waals surface area contributed by atoms with Crippen LogP contribution >= 0.6 is 0 Å². The zero-order valence-electron chi connectivity index (χ0n) is 12.6. The molecule has 0 bridgehead atoms. The number of benzene rings is 1. The molecule has 0 N–H and O–H groups in total. The number of hydrogen-bond donors (Lipinski definition) is 0. The Balaban J connectivity index is 0. The molecule has 0 fully saturated rings. The molecule has 3 heteroatoms. The summed E-state index contributed by atoms with van der Waals surface area (Å²) in [6.07, 6.45) is 0. The van der Waals surface area contributed by atoms with Gasteiger partial charge in [0.1, 0.15) is 0 Å². The summed E-state index contributed by atoms with van der Waals surface area (Å²) in [4.78, 5) is 0. The van der Waals surface area contributed by atoms with Gasteiger partial charge in [-0.15, -0.1) is 5.75 Å². The van der Waals surface area contributed by atoms with E-state index in [1.807, 2.05) is 12.1 Å². The van der Waals surface area contributed by atoms with E-state index in [0.29, 0.717) is 0 Å². The van der Waals surface area contributed by atoms with Crippen LogP contribution in [0, 0.1) is 6.92 Å². The van der Waals surface area contributed by atoms with Gasteiger partial charge in [0.05, 0.1) is 0 Å². The van der Waals surface area contributed by atoms with E-state index in [-0.39, 0.29) is 97.5 Å². The van der Waals surface area contributed by atoms with E-state index >= 15 is 0 Å². The van der Waals surface area contributed by atoms with Gasteiger partial charge in [0, 0.05) is 0 Å². The molecule has 1 rings (SSSR count). The molecular weight excluding hydrogens is 258 g/mol. The summed E-state index contributed by atoms with van der Waals surface area (Å²) < 4.78 is 0. The predicted octanol–water partition coefficient (Wildman–Crippen LogP) is 0.0191. The maximum absolute atomic E-state index is 12.4.